The van der Waals surface area contributed by atoms with E-state index in [1.54, 1.807) is 12.4 Å². The number of H-pyrrole nitrogens is 1. The SMILES string of the molecule is CCC(NC(=O)Nc1ccc(Br)cc1)c1ncc[nH]1. The smallest absolute Gasteiger partial charge is 0.319 e. The molecule has 6 heteroatoms. The van der Waals surface area contributed by atoms with Crippen molar-refractivity contribution in [3.63, 3.8) is 0 Å². The van der Waals surface area contributed by atoms with Crippen LogP contribution in [0.4, 0.5) is 10.5 Å². The Hall–Kier alpha value is -1.82. The lowest BCUT2D eigenvalue weighted by atomic mass is 10.2. The zero-order valence-corrected chi connectivity index (χ0v) is 12.1. The van der Waals surface area contributed by atoms with E-state index in [4.69, 9.17) is 0 Å². The normalized spacial score (nSPS) is 11.9. The van der Waals surface area contributed by atoms with Gasteiger partial charge in [-0.25, -0.2) is 9.78 Å². The largest absolute Gasteiger partial charge is 0.347 e. The van der Waals surface area contributed by atoms with Gasteiger partial charge >= 0.3 is 6.03 Å². The number of hydrogen-bond acceptors (Lipinski definition) is 2. The Bertz CT molecular complexity index is 524. The van der Waals surface area contributed by atoms with Crippen LogP contribution in [-0.2, 0) is 0 Å². The van der Waals surface area contributed by atoms with E-state index in [1.165, 1.54) is 0 Å². The van der Waals surface area contributed by atoms with E-state index in [1.807, 2.05) is 31.2 Å². The maximum Gasteiger partial charge on any atom is 0.319 e. The topological polar surface area (TPSA) is 69.8 Å². The average molecular weight is 323 g/mol. The number of rotatable bonds is 4. The first-order valence-corrected chi connectivity index (χ1v) is 6.80. The van der Waals surface area contributed by atoms with Gasteiger partial charge in [0.15, 0.2) is 0 Å². The highest BCUT2D eigenvalue weighted by atomic mass is 79.9. The van der Waals surface area contributed by atoms with Crippen molar-refractivity contribution in [2.24, 2.45) is 0 Å². The molecule has 1 heterocycles. The Kier molecular flexibility index (Phi) is 4.57. The van der Waals surface area contributed by atoms with E-state index >= 15 is 0 Å². The second kappa shape index (κ2) is 6.38. The third-order valence-corrected chi connectivity index (χ3v) is 3.19. The summed E-state index contributed by atoms with van der Waals surface area (Å²) in [6.45, 7) is 1.99. The fourth-order valence-corrected chi connectivity index (χ4v) is 1.95. The van der Waals surface area contributed by atoms with Crippen LogP contribution in [0.1, 0.15) is 25.2 Å². The second-order valence-electron chi connectivity index (χ2n) is 4.04. The number of aromatic amines is 1. The summed E-state index contributed by atoms with van der Waals surface area (Å²) in [7, 11) is 0. The fraction of sp³-hybridized carbons (Fsp3) is 0.231. The molecule has 1 unspecified atom stereocenters. The van der Waals surface area contributed by atoms with Crippen molar-refractivity contribution in [1.29, 1.82) is 0 Å². The van der Waals surface area contributed by atoms with Crippen molar-refractivity contribution in [2.75, 3.05) is 5.32 Å². The summed E-state index contributed by atoms with van der Waals surface area (Å²) in [5.41, 5.74) is 0.745. The van der Waals surface area contributed by atoms with Crippen LogP contribution >= 0.6 is 15.9 Å². The van der Waals surface area contributed by atoms with Gasteiger partial charge < -0.3 is 15.6 Å². The Morgan fingerprint density at radius 1 is 1.42 bits per heavy atom. The summed E-state index contributed by atoms with van der Waals surface area (Å²) >= 11 is 3.35. The van der Waals surface area contributed by atoms with Crippen LogP contribution in [-0.4, -0.2) is 16.0 Å². The highest BCUT2D eigenvalue weighted by Crippen LogP contribution is 2.15. The van der Waals surface area contributed by atoms with Crippen LogP contribution in [0.3, 0.4) is 0 Å². The number of nitrogens with one attached hydrogen (secondary N) is 3. The molecule has 1 aromatic heterocycles. The van der Waals surface area contributed by atoms with Gasteiger partial charge in [0, 0.05) is 22.6 Å². The van der Waals surface area contributed by atoms with E-state index in [9.17, 15) is 4.79 Å². The Balaban J connectivity index is 1.95. The van der Waals surface area contributed by atoms with E-state index in [0.717, 1.165) is 22.4 Å². The first-order chi connectivity index (χ1) is 9.19. The minimum Gasteiger partial charge on any atom is -0.347 e. The zero-order valence-electron chi connectivity index (χ0n) is 10.5. The molecule has 0 radical (unpaired) electrons. The number of amides is 2. The molecule has 0 saturated heterocycles. The van der Waals surface area contributed by atoms with Gasteiger partial charge in [0.1, 0.15) is 5.82 Å². The van der Waals surface area contributed by atoms with Crippen LogP contribution in [0, 0.1) is 0 Å². The van der Waals surface area contributed by atoms with E-state index in [0.29, 0.717) is 0 Å². The molecule has 0 bridgehead atoms. The van der Waals surface area contributed by atoms with Crippen LogP contribution in [0.2, 0.25) is 0 Å². The maximum atomic E-state index is 11.9. The summed E-state index contributed by atoms with van der Waals surface area (Å²) < 4.78 is 0.973. The lowest BCUT2D eigenvalue weighted by molar-refractivity contribution is 0.247. The summed E-state index contributed by atoms with van der Waals surface area (Å²) in [4.78, 5) is 19.0. The van der Waals surface area contributed by atoms with Crippen LogP contribution in [0.5, 0.6) is 0 Å². The third-order valence-electron chi connectivity index (χ3n) is 2.67. The van der Waals surface area contributed by atoms with Gasteiger partial charge in [-0.05, 0) is 30.7 Å². The van der Waals surface area contributed by atoms with Crippen LogP contribution < -0.4 is 10.6 Å². The minimum atomic E-state index is -0.245. The predicted octanol–water partition coefficient (Wildman–Crippen LogP) is 3.45. The van der Waals surface area contributed by atoms with Crippen molar-refractivity contribution in [3.8, 4) is 0 Å². The molecular weight excluding hydrogens is 308 g/mol. The molecule has 0 aliphatic rings. The number of carbonyl (C=O) groups is 1. The number of aromatic nitrogens is 2. The number of carbonyl (C=O) groups excluding carboxylic acids is 1. The number of anilines is 1. The lowest BCUT2D eigenvalue weighted by Gasteiger charge is -2.15. The number of hydrogen-bond donors (Lipinski definition) is 3. The highest BCUT2D eigenvalue weighted by molar-refractivity contribution is 9.10. The Morgan fingerprint density at radius 2 is 2.16 bits per heavy atom. The van der Waals surface area contributed by atoms with Gasteiger partial charge in [-0.1, -0.05) is 22.9 Å². The van der Waals surface area contributed by atoms with Crippen molar-refractivity contribution < 1.29 is 4.79 Å². The summed E-state index contributed by atoms with van der Waals surface area (Å²) in [6, 6.07) is 7.05. The standard InChI is InChI=1S/C13H15BrN4O/c1-2-11(12-15-7-8-16-12)18-13(19)17-10-5-3-9(14)4-6-10/h3-8,11H,2H2,1H3,(H,15,16)(H2,17,18,19). The lowest BCUT2D eigenvalue weighted by Crippen LogP contribution is -2.32. The van der Waals surface area contributed by atoms with Gasteiger partial charge in [-0.2, -0.15) is 0 Å². The molecule has 100 valence electrons. The van der Waals surface area contributed by atoms with Gasteiger partial charge in [0.2, 0.25) is 0 Å². The Morgan fingerprint density at radius 3 is 2.74 bits per heavy atom. The van der Waals surface area contributed by atoms with Crippen LogP contribution in [0.15, 0.2) is 41.1 Å². The van der Waals surface area contributed by atoms with Crippen LogP contribution in [0.25, 0.3) is 0 Å². The summed E-state index contributed by atoms with van der Waals surface area (Å²) in [5.74, 6) is 0.758. The number of imidazole rings is 1. The molecule has 0 aliphatic heterocycles. The third kappa shape index (κ3) is 3.82. The van der Waals surface area contributed by atoms with E-state index < -0.39 is 0 Å². The number of benzene rings is 1. The maximum absolute atomic E-state index is 11.9. The fourth-order valence-electron chi connectivity index (χ4n) is 1.69. The quantitative estimate of drug-likeness (QED) is 0.806. The van der Waals surface area contributed by atoms with Gasteiger partial charge in [-0.3, -0.25) is 0 Å². The first kappa shape index (κ1) is 13.6. The molecule has 0 saturated carbocycles. The molecule has 0 fully saturated rings. The predicted molar refractivity (Wildman–Crippen MR) is 77.9 cm³/mol. The monoisotopic (exact) mass is 322 g/mol. The molecule has 0 aliphatic carbocycles. The van der Waals surface area contributed by atoms with E-state index in [2.05, 4.69) is 36.5 Å². The summed E-state index contributed by atoms with van der Waals surface area (Å²) in [5, 5.41) is 5.66. The number of halogens is 1. The van der Waals surface area contributed by atoms with Crippen molar-refractivity contribution >= 4 is 27.6 Å². The first-order valence-electron chi connectivity index (χ1n) is 6.01. The molecule has 1 aromatic carbocycles. The Labute approximate surface area is 120 Å². The summed E-state index contributed by atoms with van der Waals surface area (Å²) in [6.07, 6.45) is 4.18. The van der Waals surface area contributed by atoms with Crippen molar-refractivity contribution in [2.45, 2.75) is 19.4 Å². The molecule has 2 rings (SSSR count). The van der Waals surface area contributed by atoms with Crippen molar-refractivity contribution in [1.82, 2.24) is 15.3 Å². The van der Waals surface area contributed by atoms with E-state index in [-0.39, 0.29) is 12.1 Å². The van der Waals surface area contributed by atoms with Gasteiger partial charge in [-0.15, -0.1) is 0 Å². The number of nitrogens with zero attached hydrogens (tertiary/aromatic N) is 1. The van der Waals surface area contributed by atoms with Gasteiger partial charge in [0.05, 0.1) is 6.04 Å². The van der Waals surface area contributed by atoms with Crippen molar-refractivity contribution in [3.05, 3.63) is 47.0 Å². The molecule has 19 heavy (non-hydrogen) atoms. The second-order valence-corrected chi connectivity index (χ2v) is 4.96. The molecule has 5 nitrogen and oxygen atoms in total. The molecule has 1 atom stereocenters. The molecule has 2 amide bonds. The molecule has 3 N–H and O–H groups in total. The minimum absolute atomic E-state index is 0.120. The van der Waals surface area contributed by atoms with Gasteiger partial charge in [0.25, 0.3) is 0 Å². The zero-order chi connectivity index (χ0) is 13.7. The highest BCUT2D eigenvalue weighted by Gasteiger charge is 2.14. The molecule has 0 spiro atoms. The average Bonchev–Trinajstić information content (AvgIpc) is 2.92. The number of urea groups is 1. The molecular formula is C13H15BrN4O. The molecule has 2 aromatic rings.